The molecule has 2 aromatic rings. The number of hydrazone groups is 1. The fourth-order valence-electron chi connectivity index (χ4n) is 2.24. The van der Waals surface area contributed by atoms with Crippen LogP contribution < -0.4 is 25.5 Å². The Labute approximate surface area is 174 Å². The van der Waals surface area contributed by atoms with Crippen molar-refractivity contribution < 1.29 is 23.9 Å². The average Bonchev–Trinajstić information content (AvgIpc) is 2.73. The van der Waals surface area contributed by atoms with Crippen LogP contribution in [0.3, 0.4) is 0 Å². The van der Waals surface area contributed by atoms with E-state index in [-0.39, 0.29) is 18.6 Å². The summed E-state index contributed by atoms with van der Waals surface area (Å²) in [7, 11) is 1.53. The molecule has 2 aromatic carbocycles. The second-order valence-electron chi connectivity index (χ2n) is 6.46. The van der Waals surface area contributed by atoms with Crippen molar-refractivity contribution in [2.75, 3.05) is 19.0 Å². The van der Waals surface area contributed by atoms with Crippen LogP contribution in [0.15, 0.2) is 53.6 Å². The molecule has 9 nitrogen and oxygen atoms in total. The summed E-state index contributed by atoms with van der Waals surface area (Å²) in [6, 6.07) is 13.3. The smallest absolute Gasteiger partial charge is 0.329 e. The van der Waals surface area contributed by atoms with E-state index >= 15 is 0 Å². The van der Waals surface area contributed by atoms with Gasteiger partial charge in [0.2, 0.25) is 0 Å². The Hall–Kier alpha value is -3.88. The van der Waals surface area contributed by atoms with Gasteiger partial charge in [-0.1, -0.05) is 0 Å². The maximum absolute atomic E-state index is 11.9. The van der Waals surface area contributed by atoms with E-state index in [2.05, 4.69) is 21.2 Å². The Balaban J connectivity index is 1.78. The first kappa shape index (κ1) is 22.4. The van der Waals surface area contributed by atoms with Gasteiger partial charge in [0.1, 0.15) is 11.5 Å². The molecule has 0 fully saturated rings. The van der Waals surface area contributed by atoms with Crippen LogP contribution in [0, 0.1) is 0 Å². The van der Waals surface area contributed by atoms with Gasteiger partial charge >= 0.3 is 11.8 Å². The van der Waals surface area contributed by atoms with E-state index in [0.29, 0.717) is 22.7 Å². The zero-order valence-corrected chi connectivity index (χ0v) is 17.0. The molecule has 0 saturated carbocycles. The molecule has 3 amide bonds. The summed E-state index contributed by atoms with van der Waals surface area (Å²) < 4.78 is 10.4. The quantitative estimate of drug-likeness (QED) is 0.346. The van der Waals surface area contributed by atoms with Crippen LogP contribution in [0.1, 0.15) is 19.4 Å². The van der Waals surface area contributed by atoms with Crippen LogP contribution in [-0.4, -0.2) is 43.7 Å². The Bertz CT molecular complexity index is 893. The molecule has 0 radical (unpaired) electrons. The molecule has 0 spiro atoms. The molecule has 30 heavy (non-hydrogen) atoms. The molecule has 0 atom stereocenters. The summed E-state index contributed by atoms with van der Waals surface area (Å²) in [6.07, 6.45) is 1.38. The van der Waals surface area contributed by atoms with Crippen molar-refractivity contribution in [1.82, 2.24) is 10.7 Å². The number of ether oxygens (including phenoxy) is 2. The zero-order chi connectivity index (χ0) is 21.9. The van der Waals surface area contributed by atoms with Gasteiger partial charge in [-0.3, -0.25) is 14.4 Å². The average molecular weight is 412 g/mol. The van der Waals surface area contributed by atoms with Gasteiger partial charge in [0, 0.05) is 11.7 Å². The van der Waals surface area contributed by atoms with Crippen LogP contribution in [0.2, 0.25) is 0 Å². The van der Waals surface area contributed by atoms with E-state index in [1.54, 1.807) is 48.5 Å². The number of anilines is 1. The van der Waals surface area contributed by atoms with Crippen LogP contribution in [0.4, 0.5) is 5.69 Å². The summed E-state index contributed by atoms with van der Waals surface area (Å²) in [5.74, 6) is -0.795. The Morgan fingerprint density at radius 3 is 2.20 bits per heavy atom. The first-order valence-corrected chi connectivity index (χ1v) is 9.18. The minimum atomic E-state index is -0.904. The lowest BCUT2D eigenvalue weighted by Gasteiger charge is -2.09. The predicted molar refractivity (Wildman–Crippen MR) is 113 cm³/mol. The van der Waals surface area contributed by atoms with Crippen LogP contribution in [0.25, 0.3) is 0 Å². The van der Waals surface area contributed by atoms with Crippen molar-refractivity contribution in [3.8, 4) is 11.5 Å². The fraction of sp³-hybridized carbons (Fsp3) is 0.238. The van der Waals surface area contributed by atoms with E-state index in [1.165, 1.54) is 13.3 Å². The Morgan fingerprint density at radius 2 is 1.60 bits per heavy atom. The first-order valence-electron chi connectivity index (χ1n) is 9.18. The van der Waals surface area contributed by atoms with Crippen LogP contribution >= 0.6 is 0 Å². The molecular weight excluding hydrogens is 388 g/mol. The lowest BCUT2D eigenvalue weighted by molar-refractivity contribution is -0.136. The van der Waals surface area contributed by atoms with Crippen LogP contribution in [0.5, 0.6) is 11.5 Å². The van der Waals surface area contributed by atoms with Crippen LogP contribution in [-0.2, 0) is 14.4 Å². The van der Waals surface area contributed by atoms with Gasteiger partial charge in [0.15, 0.2) is 6.61 Å². The van der Waals surface area contributed by atoms with Crippen molar-refractivity contribution >= 4 is 29.6 Å². The number of benzene rings is 2. The van der Waals surface area contributed by atoms with Crippen molar-refractivity contribution in [1.29, 1.82) is 0 Å². The summed E-state index contributed by atoms with van der Waals surface area (Å²) in [4.78, 5) is 35.3. The molecule has 0 bridgehead atoms. The lowest BCUT2D eigenvalue weighted by Crippen LogP contribution is -2.34. The van der Waals surface area contributed by atoms with Crippen molar-refractivity contribution in [3.05, 3.63) is 54.1 Å². The third-order valence-corrected chi connectivity index (χ3v) is 3.63. The van der Waals surface area contributed by atoms with Gasteiger partial charge in [0.25, 0.3) is 5.91 Å². The Kier molecular flexibility index (Phi) is 8.37. The van der Waals surface area contributed by atoms with Crippen molar-refractivity contribution in [2.24, 2.45) is 5.10 Å². The molecule has 0 aliphatic rings. The van der Waals surface area contributed by atoms with Crippen molar-refractivity contribution in [3.63, 3.8) is 0 Å². The molecule has 3 N–H and O–H groups in total. The Morgan fingerprint density at radius 1 is 0.967 bits per heavy atom. The minimum absolute atomic E-state index is 0.0492. The highest BCUT2D eigenvalue weighted by Gasteiger charge is 2.12. The summed E-state index contributed by atoms with van der Waals surface area (Å²) in [5.41, 5.74) is 3.28. The molecule has 158 valence electrons. The fourth-order valence-corrected chi connectivity index (χ4v) is 2.24. The molecule has 0 aliphatic heterocycles. The number of hydrogen-bond donors (Lipinski definition) is 3. The number of carbonyl (C=O) groups excluding carboxylic acids is 3. The third-order valence-electron chi connectivity index (χ3n) is 3.63. The van der Waals surface area contributed by atoms with Gasteiger partial charge in [-0.15, -0.1) is 0 Å². The minimum Gasteiger partial charge on any atom is -0.497 e. The maximum Gasteiger partial charge on any atom is 0.329 e. The molecule has 0 aliphatic carbocycles. The van der Waals surface area contributed by atoms with Gasteiger partial charge < -0.3 is 20.1 Å². The standard InChI is InChI=1S/C21H24N4O5/c1-14(2)23-19(26)13-30-18-8-4-15(5-9-18)12-22-25-21(28)20(27)24-16-6-10-17(29-3)11-7-16/h4-12,14H,13H2,1-3H3,(H,23,26)(H,24,27)(H,25,28)/b22-12-. The van der Waals surface area contributed by atoms with E-state index in [4.69, 9.17) is 9.47 Å². The van der Waals surface area contributed by atoms with E-state index in [9.17, 15) is 14.4 Å². The lowest BCUT2D eigenvalue weighted by atomic mass is 10.2. The molecule has 0 saturated heterocycles. The van der Waals surface area contributed by atoms with E-state index in [1.807, 2.05) is 13.8 Å². The SMILES string of the molecule is COc1ccc(NC(=O)C(=O)N/N=C\c2ccc(OCC(=O)NC(C)C)cc2)cc1. The topological polar surface area (TPSA) is 118 Å². The van der Waals surface area contributed by atoms with Gasteiger partial charge in [0.05, 0.1) is 13.3 Å². The second kappa shape index (κ2) is 11.2. The van der Waals surface area contributed by atoms with Gasteiger partial charge in [-0.05, 0) is 67.9 Å². The highest BCUT2D eigenvalue weighted by Crippen LogP contribution is 2.14. The number of nitrogens with one attached hydrogen (secondary N) is 3. The number of amides is 3. The molecule has 2 rings (SSSR count). The maximum atomic E-state index is 11.9. The largest absolute Gasteiger partial charge is 0.497 e. The first-order chi connectivity index (χ1) is 14.4. The second-order valence-corrected chi connectivity index (χ2v) is 6.46. The molecule has 9 heteroatoms. The normalized spacial score (nSPS) is 10.5. The van der Waals surface area contributed by atoms with Crippen molar-refractivity contribution in [2.45, 2.75) is 19.9 Å². The summed E-state index contributed by atoms with van der Waals surface area (Å²) >= 11 is 0. The zero-order valence-electron chi connectivity index (χ0n) is 17.0. The third kappa shape index (κ3) is 7.63. The number of nitrogens with zero attached hydrogens (tertiary/aromatic N) is 1. The summed E-state index contributed by atoms with van der Waals surface area (Å²) in [5, 5.41) is 8.94. The number of methoxy groups -OCH3 is 1. The highest BCUT2D eigenvalue weighted by atomic mass is 16.5. The molecule has 0 aromatic heterocycles. The molecular formula is C21H24N4O5. The summed E-state index contributed by atoms with van der Waals surface area (Å²) in [6.45, 7) is 3.66. The van der Waals surface area contributed by atoms with E-state index in [0.717, 1.165) is 0 Å². The van der Waals surface area contributed by atoms with Gasteiger partial charge in [-0.2, -0.15) is 5.10 Å². The number of rotatable bonds is 8. The molecule has 0 heterocycles. The monoisotopic (exact) mass is 412 g/mol. The number of hydrogen-bond acceptors (Lipinski definition) is 6. The molecule has 0 unspecified atom stereocenters. The highest BCUT2D eigenvalue weighted by molar-refractivity contribution is 6.39. The number of carbonyl (C=O) groups is 3. The van der Waals surface area contributed by atoms with E-state index < -0.39 is 11.8 Å². The van der Waals surface area contributed by atoms with Gasteiger partial charge in [-0.25, -0.2) is 5.43 Å². The predicted octanol–water partition coefficient (Wildman–Crippen LogP) is 1.69.